The molecule has 22 heavy (non-hydrogen) atoms. The van der Waals surface area contributed by atoms with Crippen LogP contribution in [0.3, 0.4) is 0 Å². The van der Waals surface area contributed by atoms with Crippen molar-refractivity contribution in [2.45, 2.75) is 19.1 Å². The molecule has 3 heterocycles. The van der Waals surface area contributed by atoms with Crippen LogP contribution in [-0.2, 0) is 22.5 Å². The Kier molecular flexibility index (Phi) is 4.46. The Balaban J connectivity index is 1.61. The zero-order valence-electron chi connectivity index (χ0n) is 11.8. The van der Waals surface area contributed by atoms with E-state index in [9.17, 15) is 9.18 Å². The largest absolute Gasteiger partial charge is 0.375 e. The van der Waals surface area contributed by atoms with Gasteiger partial charge in [0.25, 0.3) is 17.6 Å². The Morgan fingerprint density at radius 1 is 1.64 bits per heavy atom. The molecule has 0 unspecified atom stereocenters. The highest BCUT2D eigenvalue weighted by Crippen LogP contribution is 2.32. The highest BCUT2D eigenvalue weighted by molar-refractivity contribution is 7.10. The molecular formula is C13H14FN3O4S. The third-order valence-electron chi connectivity index (χ3n) is 3.19. The lowest BCUT2D eigenvalue weighted by Gasteiger charge is -2.23. The Morgan fingerprint density at radius 3 is 3.32 bits per heavy atom. The Hall–Kier alpha value is -1.84. The summed E-state index contributed by atoms with van der Waals surface area (Å²) in [6.07, 6.45) is 0.332. The Morgan fingerprint density at radius 2 is 2.50 bits per heavy atom. The van der Waals surface area contributed by atoms with E-state index in [1.165, 1.54) is 13.2 Å². The molecule has 0 radical (unpaired) electrons. The van der Waals surface area contributed by atoms with Crippen LogP contribution in [0.25, 0.3) is 0 Å². The Bertz CT molecular complexity index is 672. The second-order valence-electron chi connectivity index (χ2n) is 4.69. The molecule has 0 bridgehead atoms. The number of rotatable bonds is 5. The van der Waals surface area contributed by atoms with Crippen molar-refractivity contribution < 1.29 is 23.2 Å². The molecule has 0 saturated heterocycles. The number of carbonyl (C=O) groups excluding carboxylic acids is 1. The van der Waals surface area contributed by atoms with Gasteiger partial charge in [0, 0.05) is 25.0 Å². The van der Waals surface area contributed by atoms with Crippen molar-refractivity contribution in [2.24, 2.45) is 0 Å². The summed E-state index contributed by atoms with van der Waals surface area (Å²) < 4.78 is 28.6. The number of aromatic nitrogens is 2. The maximum Gasteiger partial charge on any atom is 0.292 e. The minimum Gasteiger partial charge on any atom is -0.375 e. The number of nitrogens with zero attached hydrogens (tertiary/aromatic N) is 2. The average molecular weight is 327 g/mol. The molecule has 1 aliphatic rings. The van der Waals surface area contributed by atoms with Crippen LogP contribution in [-0.4, -0.2) is 36.3 Å². The first kappa shape index (κ1) is 15.1. The van der Waals surface area contributed by atoms with Gasteiger partial charge in [-0.15, -0.1) is 11.3 Å². The first-order valence-electron chi connectivity index (χ1n) is 6.67. The van der Waals surface area contributed by atoms with Crippen molar-refractivity contribution >= 4 is 17.2 Å². The number of hydrogen-bond acceptors (Lipinski definition) is 7. The molecule has 2 aromatic rings. The third-order valence-corrected chi connectivity index (χ3v) is 4.19. The first-order chi connectivity index (χ1) is 10.7. The van der Waals surface area contributed by atoms with E-state index in [4.69, 9.17) is 14.0 Å². The molecular weight excluding hydrogens is 313 g/mol. The fourth-order valence-electron chi connectivity index (χ4n) is 2.22. The van der Waals surface area contributed by atoms with Gasteiger partial charge in [0.15, 0.2) is 5.13 Å². The van der Waals surface area contributed by atoms with E-state index in [1.807, 2.05) is 0 Å². The van der Waals surface area contributed by atoms with Gasteiger partial charge in [-0.05, 0) is 11.6 Å². The van der Waals surface area contributed by atoms with Crippen LogP contribution in [0.2, 0.25) is 0 Å². The van der Waals surface area contributed by atoms with E-state index in [0.717, 1.165) is 21.8 Å². The van der Waals surface area contributed by atoms with Gasteiger partial charge in [-0.25, -0.2) is 0 Å². The van der Waals surface area contributed by atoms with E-state index in [2.05, 4.69) is 15.5 Å². The van der Waals surface area contributed by atoms with Crippen molar-refractivity contribution in [3.05, 3.63) is 33.4 Å². The van der Waals surface area contributed by atoms with E-state index in [1.54, 1.807) is 0 Å². The molecule has 1 N–H and O–H groups in total. The predicted molar refractivity (Wildman–Crippen MR) is 74.0 cm³/mol. The molecule has 0 spiro atoms. The zero-order chi connectivity index (χ0) is 15.5. The maximum absolute atomic E-state index is 13.3. The van der Waals surface area contributed by atoms with Crippen LogP contribution in [0, 0.1) is 5.13 Å². The van der Waals surface area contributed by atoms with Crippen LogP contribution in [0.1, 0.15) is 33.1 Å². The summed E-state index contributed by atoms with van der Waals surface area (Å²) in [4.78, 5) is 16.8. The topological polar surface area (TPSA) is 86.5 Å². The van der Waals surface area contributed by atoms with Gasteiger partial charge in [0.1, 0.15) is 12.7 Å². The number of ether oxygens (including phenoxy) is 2. The van der Waals surface area contributed by atoms with Crippen LogP contribution in [0.4, 0.5) is 4.39 Å². The van der Waals surface area contributed by atoms with Gasteiger partial charge in [0.05, 0.1) is 6.61 Å². The number of amides is 1. The van der Waals surface area contributed by atoms with Gasteiger partial charge in [0.2, 0.25) is 0 Å². The van der Waals surface area contributed by atoms with Gasteiger partial charge in [-0.2, -0.15) is 9.37 Å². The van der Waals surface area contributed by atoms with Crippen molar-refractivity contribution in [2.75, 3.05) is 20.3 Å². The molecule has 3 rings (SSSR count). The fraction of sp³-hybridized carbons (Fsp3) is 0.462. The number of thiophene rings is 1. The molecule has 1 amide bonds. The normalized spacial score (nSPS) is 17.3. The Labute approximate surface area is 129 Å². The standard InChI is InChI=1S/C13H14FN3O4S/c1-19-6-11-16-12(17-21-11)13(18)15-5-8-7-4-10(14)22-9(7)2-3-20-8/h4,8H,2-3,5-6H2,1H3,(H,15,18)/t8-/m0/s1. The molecule has 1 aliphatic heterocycles. The fourth-order valence-corrected chi connectivity index (χ4v) is 3.14. The minimum absolute atomic E-state index is 0.0698. The summed E-state index contributed by atoms with van der Waals surface area (Å²) in [6.45, 7) is 0.868. The first-order valence-corrected chi connectivity index (χ1v) is 7.48. The van der Waals surface area contributed by atoms with Crippen molar-refractivity contribution in [1.82, 2.24) is 15.5 Å². The minimum atomic E-state index is -0.475. The smallest absolute Gasteiger partial charge is 0.292 e. The lowest BCUT2D eigenvalue weighted by molar-refractivity contribution is 0.0420. The van der Waals surface area contributed by atoms with Crippen LogP contribution < -0.4 is 5.32 Å². The number of carbonyl (C=O) groups is 1. The second kappa shape index (κ2) is 6.51. The van der Waals surface area contributed by atoms with Crippen LogP contribution >= 0.6 is 11.3 Å². The molecule has 7 nitrogen and oxygen atoms in total. The van der Waals surface area contributed by atoms with Gasteiger partial charge in [-0.1, -0.05) is 5.16 Å². The number of halogens is 1. The van der Waals surface area contributed by atoms with E-state index < -0.39 is 5.91 Å². The van der Waals surface area contributed by atoms with Crippen molar-refractivity contribution in [3.8, 4) is 0 Å². The van der Waals surface area contributed by atoms with Gasteiger partial charge in [-0.3, -0.25) is 4.79 Å². The summed E-state index contributed by atoms with van der Waals surface area (Å²) in [5.41, 5.74) is 0.794. The lowest BCUT2D eigenvalue weighted by atomic mass is 10.1. The molecule has 2 aromatic heterocycles. The van der Waals surface area contributed by atoms with Gasteiger partial charge < -0.3 is 19.3 Å². The summed E-state index contributed by atoms with van der Waals surface area (Å²) >= 11 is 1.12. The molecule has 1 atom stereocenters. The van der Waals surface area contributed by atoms with Crippen LogP contribution in [0.15, 0.2) is 10.6 Å². The number of methoxy groups -OCH3 is 1. The summed E-state index contributed by atoms with van der Waals surface area (Å²) in [5, 5.41) is 6.00. The number of nitrogens with one attached hydrogen (secondary N) is 1. The molecule has 0 aromatic carbocycles. The van der Waals surface area contributed by atoms with E-state index >= 15 is 0 Å². The highest BCUT2D eigenvalue weighted by atomic mass is 32.1. The number of hydrogen-bond donors (Lipinski definition) is 1. The highest BCUT2D eigenvalue weighted by Gasteiger charge is 2.25. The van der Waals surface area contributed by atoms with E-state index in [-0.39, 0.29) is 36.1 Å². The SMILES string of the molecule is COCc1nc(C(=O)NC[C@@H]2OCCc3sc(F)cc32)no1. The number of fused-ring (bicyclic) bond motifs is 1. The van der Waals surface area contributed by atoms with Gasteiger partial charge >= 0.3 is 0 Å². The second-order valence-corrected chi connectivity index (χ2v) is 5.78. The van der Waals surface area contributed by atoms with Crippen molar-refractivity contribution in [3.63, 3.8) is 0 Å². The van der Waals surface area contributed by atoms with Crippen LogP contribution in [0.5, 0.6) is 0 Å². The summed E-state index contributed by atoms with van der Waals surface area (Å²) in [5.74, 6) is -0.319. The molecule has 0 aliphatic carbocycles. The molecule has 0 fully saturated rings. The lowest BCUT2D eigenvalue weighted by Crippen LogP contribution is -2.32. The average Bonchev–Trinajstić information content (AvgIpc) is 3.11. The third kappa shape index (κ3) is 3.16. The monoisotopic (exact) mass is 327 g/mol. The molecule has 118 valence electrons. The molecule has 9 heteroatoms. The maximum atomic E-state index is 13.3. The van der Waals surface area contributed by atoms with E-state index in [0.29, 0.717) is 13.0 Å². The molecule has 0 saturated carbocycles. The quantitative estimate of drug-likeness (QED) is 0.895. The summed E-state index contributed by atoms with van der Waals surface area (Å²) in [7, 11) is 1.49. The summed E-state index contributed by atoms with van der Waals surface area (Å²) in [6, 6.07) is 1.46. The zero-order valence-corrected chi connectivity index (χ0v) is 12.6. The van der Waals surface area contributed by atoms with Crippen molar-refractivity contribution in [1.29, 1.82) is 0 Å². The predicted octanol–water partition coefficient (Wildman–Crippen LogP) is 1.46.